The zero-order chi connectivity index (χ0) is 22.5. The number of hydrogen-bond donors (Lipinski definition) is 4. The van der Waals surface area contributed by atoms with Crippen LogP contribution in [0.5, 0.6) is 0 Å². The van der Waals surface area contributed by atoms with E-state index in [1.54, 1.807) is 7.11 Å². The van der Waals surface area contributed by atoms with E-state index in [0.29, 0.717) is 37.7 Å². The Labute approximate surface area is 181 Å². The Kier molecular flexibility index (Phi) is 11.7. The van der Waals surface area contributed by atoms with E-state index in [1.807, 2.05) is 0 Å². The second-order valence-electron chi connectivity index (χ2n) is 7.55. The van der Waals surface area contributed by atoms with Gasteiger partial charge in [-0.3, -0.25) is 10.3 Å². The summed E-state index contributed by atoms with van der Waals surface area (Å²) in [7, 11) is 1.62. The Balaban J connectivity index is 2.73. The van der Waals surface area contributed by atoms with Crippen LogP contribution in [0.15, 0.2) is 40.8 Å². The predicted molar refractivity (Wildman–Crippen MR) is 123 cm³/mol. The summed E-state index contributed by atoms with van der Waals surface area (Å²) in [5, 5.41) is 14.1. The second kappa shape index (κ2) is 13.7. The lowest BCUT2D eigenvalue weighted by Gasteiger charge is -2.30. The summed E-state index contributed by atoms with van der Waals surface area (Å²) in [5.41, 5.74) is 8.58. The number of amidine groups is 1. The van der Waals surface area contributed by atoms with Gasteiger partial charge in [-0.25, -0.2) is 4.99 Å². The van der Waals surface area contributed by atoms with Crippen molar-refractivity contribution in [3.8, 4) is 0 Å². The van der Waals surface area contributed by atoms with Gasteiger partial charge in [0.1, 0.15) is 18.2 Å². The van der Waals surface area contributed by atoms with Crippen molar-refractivity contribution in [2.24, 2.45) is 10.7 Å². The first-order valence-corrected chi connectivity index (χ1v) is 10.2. The molecule has 30 heavy (non-hydrogen) atoms. The van der Waals surface area contributed by atoms with Gasteiger partial charge in [0.05, 0.1) is 13.2 Å². The lowest BCUT2D eigenvalue weighted by atomic mass is 10.1. The lowest BCUT2D eigenvalue weighted by Crippen LogP contribution is -2.36. The maximum absolute atomic E-state index is 7.81. The number of ether oxygens (including phenoxy) is 2. The quantitative estimate of drug-likeness (QED) is 0.160. The van der Waals surface area contributed by atoms with Crippen LogP contribution in [0, 0.1) is 5.41 Å². The average molecular weight is 419 g/mol. The Morgan fingerprint density at radius 2 is 1.70 bits per heavy atom. The molecule has 1 rings (SSSR count). The van der Waals surface area contributed by atoms with Crippen molar-refractivity contribution in [1.82, 2.24) is 15.5 Å². The van der Waals surface area contributed by atoms with Gasteiger partial charge < -0.3 is 25.8 Å². The standard InChI is InChI=1S/C22H38N6O2/c1-16(2)28(17(3)4)14-19-9-7-18(8-10-19)13-26-22(20(23)21(24)25-5)27-15-30-12-11-29-6/h7-10,16-17,24,26-27H,5,11-15,23H2,1-4,6H3/b22-20+,24-21?. The molecule has 1 aromatic rings. The molecule has 168 valence electrons. The lowest BCUT2D eigenvalue weighted by molar-refractivity contribution is 0.0636. The molecule has 0 aliphatic carbocycles. The fraction of sp³-hybridized carbons (Fsp3) is 0.545. The molecule has 5 N–H and O–H groups in total. The molecule has 0 radical (unpaired) electrons. The predicted octanol–water partition coefficient (Wildman–Crippen LogP) is 2.41. The van der Waals surface area contributed by atoms with Crippen molar-refractivity contribution in [2.75, 3.05) is 27.1 Å². The number of benzene rings is 1. The van der Waals surface area contributed by atoms with E-state index < -0.39 is 0 Å². The molecular formula is C22H38N6O2. The van der Waals surface area contributed by atoms with E-state index in [0.717, 1.165) is 12.1 Å². The number of methoxy groups -OCH3 is 1. The highest BCUT2D eigenvalue weighted by molar-refractivity contribution is 5.98. The zero-order valence-electron chi connectivity index (χ0n) is 19.0. The van der Waals surface area contributed by atoms with Crippen molar-refractivity contribution in [3.05, 3.63) is 46.9 Å². The molecule has 8 nitrogen and oxygen atoms in total. The summed E-state index contributed by atoms with van der Waals surface area (Å²) in [6, 6.07) is 9.48. The molecule has 1 aromatic carbocycles. The molecule has 0 atom stereocenters. The van der Waals surface area contributed by atoms with Crippen LogP contribution in [0.1, 0.15) is 38.8 Å². The number of nitrogens with one attached hydrogen (secondary N) is 3. The molecular weight excluding hydrogens is 380 g/mol. The van der Waals surface area contributed by atoms with Crippen molar-refractivity contribution >= 4 is 12.6 Å². The minimum absolute atomic E-state index is 0.0975. The fourth-order valence-corrected chi connectivity index (χ4v) is 2.92. The van der Waals surface area contributed by atoms with Crippen LogP contribution in [0.3, 0.4) is 0 Å². The highest BCUT2D eigenvalue weighted by atomic mass is 16.5. The zero-order valence-corrected chi connectivity index (χ0v) is 19.0. The van der Waals surface area contributed by atoms with Crippen molar-refractivity contribution in [1.29, 1.82) is 5.41 Å². The van der Waals surface area contributed by atoms with Crippen molar-refractivity contribution in [2.45, 2.75) is 52.9 Å². The number of hydrogen-bond acceptors (Lipinski definition) is 7. The molecule has 8 heteroatoms. The third-order valence-electron chi connectivity index (χ3n) is 4.65. The van der Waals surface area contributed by atoms with Gasteiger partial charge in [0.15, 0.2) is 5.84 Å². The van der Waals surface area contributed by atoms with E-state index >= 15 is 0 Å². The first-order valence-electron chi connectivity index (χ1n) is 10.2. The summed E-state index contributed by atoms with van der Waals surface area (Å²) in [5.74, 6) is 0.388. The van der Waals surface area contributed by atoms with Gasteiger partial charge in [-0.15, -0.1) is 0 Å². The Morgan fingerprint density at radius 3 is 2.23 bits per heavy atom. The molecule has 0 amide bonds. The maximum Gasteiger partial charge on any atom is 0.171 e. The molecule has 0 aromatic heterocycles. The van der Waals surface area contributed by atoms with Crippen LogP contribution in [-0.2, 0) is 22.6 Å². The minimum Gasteiger partial charge on any atom is -0.393 e. The Bertz CT molecular complexity index is 677. The highest BCUT2D eigenvalue weighted by Crippen LogP contribution is 2.13. The monoisotopic (exact) mass is 418 g/mol. The summed E-state index contributed by atoms with van der Waals surface area (Å²) >= 11 is 0. The number of rotatable bonds is 14. The van der Waals surface area contributed by atoms with E-state index in [-0.39, 0.29) is 18.3 Å². The van der Waals surface area contributed by atoms with Crippen molar-refractivity contribution in [3.63, 3.8) is 0 Å². The fourth-order valence-electron chi connectivity index (χ4n) is 2.92. The minimum atomic E-state index is -0.0975. The SMILES string of the molecule is C=NC(=N)/C(N)=C(\NCOCCOC)NCc1ccc(CN(C(C)C)C(C)C)cc1. The largest absolute Gasteiger partial charge is 0.393 e. The highest BCUT2D eigenvalue weighted by Gasteiger charge is 2.13. The van der Waals surface area contributed by atoms with Crippen LogP contribution in [-0.4, -0.2) is 56.6 Å². The van der Waals surface area contributed by atoms with Crippen LogP contribution < -0.4 is 16.4 Å². The van der Waals surface area contributed by atoms with Gasteiger partial charge >= 0.3 is 0 Å². The van der Waals surface area contributed by atoms with E-state index in [2.05, 4.69) is 79.2 Å². The molecule has 0 spiro atoms. The first-order chi connectivity index (χ1) is 14.3. The molecule has 0 aliphatic rings. The Morgan fingerprint density at radius 1 is 1.10 bits per heavy atom. The molecule has 0 heterocycles. The summed E-state index contributed by atoms with van der Waals surface area (Å²) < 4.78 is 10.4. The number of nitrogens with zero attached hydrogens (tertiary/aromatic N) is 2. The maximum atomic E-state index is 7.81. The second-order valence-corrected chi connectivity index (χ2v) is 7.55. The third kappa shape index (κ3) is 8.94. The topological polar surface area (TPSA) is 108 Å². The van der Waals surface area contributed by atoms with Gasteiger partial charge in [-0.05, 0) is 45.5 Å². The van der Waals surface area contributed by atoms with Gasteiger partial charge in [0.2, 0.25) is 0 Å². The molecule has 0 aliphatic heterocycles. The Hall–Kier alpha value is -2.42. The number of aliphatic imine (C=N–C) groups is 1. The summed E-state index contributed by atoms with van der Waals surface area (Å²) in [6.45, 7) is 14.9. The third-order valence-corrected chi connectivity index (χ3v) is 4.65. The van der Waals surface area contributed by atoms with Gasteiger partial charge in [-0.2, -0.15) is 0 Å². The van der Waals surface area contributed by atoms with Gasteiger partial charge in [-0.1, -0.05) is 24.3 Å². The van der Waals surface area contributed by atoms with E-state index in [1.165, 1.54) is 5.56 Å². The van der Waals surface area contributed by atoms with E-state index in [4.69, 9.17) is 20.6 Å². The molecule has 0 fully saturated rings. The molecule has 0 saturated heterocycles. The van der Waals surface area contributed by atoms with Crippen molar-refractivity contribution < 1.29 is 9.47 Å². The molecule has 0 saturated carbocycles. The number of nitrogens with two attached hydrogens (primary N) is 1. The van der Waals surface area contributed by atoms with Crippen LogP contribution in [0.25, 0.3) is 0 Å². The summed E-state index contributed by atoms with van der Waals surface area (Å²) in [4.78, 5) is 6.05. The van der Waals surface area contributed by atoms with Crippen LogP contribution in [0.2, 0.25) is 0 Å². The van der Waals surface area contributed by atoms with Crippen LogP contribution in [0.4, 0.5) is 0 Å². The molecule has 0 bridgehead atoms. The molecule has 0 unspecified atom stereocenters. The smallest absolute Gasteiger partial charge is 0.171 e. The first kappa shape index (κ1) is 25.6. The average Bonchev–Trinajstić information content (AvgIpc) is 2.73. The normalized spacial score (nSPS) is 12.3. The van der Waals surface area contributed by atoms with Gasteiger partial charge in [0, 0.05) is 32.3 Å². The van der Waals surface area contributed by atoms with Gasteiger partial charge in [0.25, 0.3) is 0 Å². The summed E-state index contributed by atoms with van der Waals surface area (Å²) in [6.07, 6.45) is 0. The van der Waals surface area contributed by atoms with Crippen LogP contribution >= 0.6 is 0 Å². The van der Waals surface area contributed by atoms with E-state index in [9.17, 15) is 0 Å².